The predicted octanol–water partition coefficient (Wildman–Crippen LogP) is 12.9. The van der Waals surface area contributed by atoms with Crippen molar-refractivity contribution in [1.82, 2.24) is 9.97 Å². The first-order valence-electron chi connectivity index (χ1n) is 17.2. The molecule has 3 heterocycles. The molecule has 0 spiro atoms. The van der Waals surface area contributed by atoms with E-state index in [1.54, 1.807) is 17.7 Å². The van der Waals surface area contributed by atoms with Crippen molar-refractivity contribution in [3.8, 4) is 11.3 Å². The minimum absolute atomic E-state index is 0. The van der Waals surface area contributed by atoms with Gasteiger partial charge >= 0.3 is 0 Å². The quantitative estimate of drug-likeness (QED) is 0.0940. The van der Waals surface area contributed by atoms with Crippen LogP contribution in [0.15, 0.2) is 66.7 Å². The average Bonchev–Trinajstić information content (AvgIpc) is 3.63. The molecule has 0 atom stereocenters. The Morgan fingerprint density at radius 3 is 2.12 bits per heavy atom. The van der Waals surface area contributed by atoms with Crippen LogP contribution in [0, 0.1) is 23.8 Å². The number of hydrogen-bond donors (Lipinski definition) is 1. The molecule has 4 nitrogen and oxygen atoms in total. The Kier molecular flexibility index (Phi) is 12.0. The van der Waals surface area contributed by atoms with Gasteiger partial charge in [0.25, 0.3) is 0 Å². The van der Waals surface area contributed by atoms with E-state index in [4.69, 9.17) is 9.97 Å². The molecule has 0 unspecified atom stereocenters. The molecule has 0 amide bonds. The van der Waals surface area contributed by atoms with E-state index in [2.05, 4.69) is 82.3 Å². The van der Waals surface area contributed by atoms with Gasteiger partial charge in [0.1, 0.15) is 12.1 Å². The van der Waals surface area contributed by atoms with Gasteiger partial charge in [0.05, 0.1) is 5.52 Å². The largest absolute Gasteiger partial charge is 0.512 e. The summed E-state index contributed by atoms with van der Waals surface area (Å²) in [4.78, 5) is 23.0. The van der Waals surface area contributed by atoms with Gasteiger partial charge in [0, 0.05) is 67.1 Å². The fourth-order valence-electron chi connectivity index (χ4n) is 6.10. The molecule has 1 N–H and O–H groups in total. The van der Waals surface area contributed by atoms with Crippen molar-refractivity contribution in [2.75, 3.05) is 0 Å². The summed E-state index contributed by atoms with van der Waals surface area (Å²) >= 11 is 3.64. The molecule has 0 aliphatic rings. The van der Waals surface area contributed by atoms with Crippen LogP contribution in [-0.2, 0) is 30.3 Å². The molecular weight excluding hydrogens is 821 g/mol. The second-order valence-electron chi connectivity index (χ2n) is 14.6. The summed E-state index contributed by atoms with van der Waals surface area (Å²) in [5.41, 5.74) is 3.80. The second-order valence-corrected chi connectivity index (χ2v) is 16.9. The first-order valence-corrected chi connectivity index (χ1v) is 18.8. The van der Waals surface area contributed by atoms with Crippen molar-refractivity contribution in [3.05, 3.63) is 83.2 Å². The minimum atomic E-state index is -0.337. The molecule has 0 fully saturated rings. The summed E-state index contributed by atoms with van der Waals surface area (Å²) in [5, 5.41) is 15.0. The van der Waals surface area contributed by atoms with Gasteiger partial charge in [0.15, 0.2) is 5.78 Å². The van der Waals surface area contributed by atoms with Crippen molar-refractivity contribution >= 4 is 69.6 Å². The Labute approximate surface area is 313 Å². The Bertz CT molecular complexity index is 2140. The topological polar surface area (TPSA) is 63.1 Å². The summed E-state index contributed by atoms with van der Waals surface area (Å²) in [7, 11) is 0. The Morgan fingerprint density at radius 1 is 0.837 bits per heavy atom. The van der Waals surface area contributed by atoms with E-state index in [1.165, 1.54) is 42.1 Å². The second kappa shape index (κ2) is 15.1. The molecule has 0 aliphatic carbocycles. The van der Waals surface area contributed by atoms with Crippen molar-refractivity contribution in [1.29, 1.82) is 0 Å². The van der Waals surface area contributed by atoms with Crippen LogP contribution in [0.2, 0.25) is 0 Å². The van der Waals surface area contributed by atoms with Gasteiger partial charge in [-0.3, -0.25) is 9.78 Å². The molecule has 0 aliphatic heterocycles. The molecule has 3 aromatic heterocycles. The molecule has 0 saturated heterocycles. The number of aromatic nitrogens is 2. The summed E-state index contributed by atoms with van der Waals surface area (Å²) in [6.07, 6.45) is 6.46. The van der Waals surface area contributed by atoms with Crippen molar-refractivity contribution in [2.24, 2.45) is 10.8 Å². The van der Waals surface area contributed by atoms with E-state index >= 15 is 0 Å². The fourth-order valence-corrected chi connectivity index (χ4v) is 8.30. The summed E-state index contributed by atoms with van der Waals surface area (Å²) in [5.74, 6) is 0.286. The van der Waals surface area contributed by atoms with E-state index in [1.807, 2.05) is 52.9 Å². The van der Waals surface area contributed by atoms with Gasteiger partial charge in [-0.15, -0.1) is 51.8 Å². The molecule has 261 valence electrons. The molecular formula is C42H49IrN2O2S2-. The van der Waals surface area contributed by atoms with Gasteiger partial charge < -0.3 is 5.11 Å². The van der Waals surface area contributed by atoms with E-state index in [-0.39, 0.29) is 47.9 Å². The Morgan fingerprint density at radius 2 is 1.49 bits per heavy atom. The number of aliphatic hydroxyl groups is 1. The van der Waals surface area contributed by atoms with Gasteiger partial charge in [-0.05, 0) is 61.6 Å². The number of carbonyl (C=O) groups excluding carboxylic acids is 1. The number of aliphatic hydroxyl groups excluding tert-OH is 1. The number of hydrogen-bond acceptors (Lipinski definition) is 6. The SMILES string of the molecule is CCC(C)(CC)C(=O)/C=C(\O)C(C)(CC)CC.Cc1cc2cc3c(cc2s1)sc1c(-c2[c-]c4ccccc4c(C(C)(C)C)c2)ncnc13.[Ir]. The normalized spacial score (nSPS) is 12.7. The third-order valence-electron chi connectivity index (χ3n) is 10.5. The molecule has 0 saturated carbocycles. The van der Waals surface area contributed by atoms with Gasteiger partial charge in [-0.25, -0.2) is 4.98 Å². The molecule has 7 heteroatoms. The van der Waals surface area contributed by atoms with E-state index in [0.29, 0.717) is 0 Å². The van der Waals surface area contributed by atoms with Crippen LogP contribution in [0.25, 0.3) is 52.4 Å². The maximum atomic E-state index is 12.2. The maximum Gasteiger partial charge on any atom is 0.164 e. The molecule has 0 bridgehead atoms. The number of carbonyl (C=O) groups is 1. The van der Waals surface area contributed by atoms with Crippen LogP contribution < -0.4 is 0 Å². The van der Waals surface area contributed by atoms with Gasteiger partial charge in [0.2, 0.25) is 0 Å². The van der Waals surface area contributed by atoms with Crippen molar-refractivity contribution in [3.63, 3.8) is 0 Å². The standard InChI is InChI=1S/C27H21N2S2.C15H28O2.Ir/c1-15-9-17-11-20-23(13-22(17)30-15)31-26-24(28-14-29-25(20)26)18-10-16-7-5-6-8-19(16)21(12-18)27(2,3)4;1-7-14(5,8-2)12(16)11-13(17)15(6,9-3)10-4;/h5-9,11-14H,1-4H3;11,16H,7-10H2,1-6H3;/q-1;;/b;12-11-;. The van der Waals surface area contributed by atoms with Crippen LogP contribution in [0.1, 0.15) is 98.4 Å². The minimum Gasteiger partial charge on any atom is -0.512 e. The molecule has 3 aromatic carbocycles. The van der Waals surface area contributed by atoms with E-state index in [9.17, 15) is 9.90 Å². The molecule has 1 radical (unpaired) electrons. The number of fused-ring (bicyclic) bond motifs is 5. The third kappa shape index (κ3) is 7.71. The van der Waals surface area contributed by atoms with E-state index < -0.39 is 0 Å². The Balaban J connectivity index is 0.000000260. The van der Waals surface area contributed by atoms with Crippen LogP contribution in [0.4, 0.5) is 0 Å². The zero-order chi connectivity index (χ0) is 35.0. The molecule has 6 aromatic rings. The number of allylic oxidation sites excluding steroid dienone is 2. The zero-order valence-corrected chi connectivity index (χ0v) is 34.5. The number of rotatable bonds is 8. The van der Waals surface area contributed by atoms with Crippen LogP contribution in [0.3, 0.4) is 0 Å². The van der Waals surface area contributed by atoms with Crippen molar-refractivity contribution in [2.45, 2.75) is 100 Å². The summed E-state index contributed by atoms with van der Waals surface area (Å²) in [6, 6.07) is 21.3. The summed E-state index contributed by atoms with van der Waals surface area (Å²) < 4.78 is 3.74. The number of nitrogens with zero attached hydrogens (tertiary/aromatic N) is 2. The number of thiophene rings is 2. The molecule has 49 heavy (non-hydrogen) atoms. The average molecular weight is 870 g/mol. The maximum absolute atomic E-state index is 12.2. The fraction of sp³-hybridized carbons (Fsp3) is 0.405. The van der Waals surface area contributed by atoms with Crippen LogP contribution >= 0.6 is 22.7 Å². The Hall–Kier alpha value is -2.96. The van der Waals surface area contributed by atoms with Crippen molar-refractivity contribution < 1.29 is 30.0 Å². The number of aryl methyl sites for hydroxylation is 1. The smallest absolute Gasteiger partial charge is 0.164 e. The van der Waals surface area contributed by atoms with Crippen LogP contribution in [0.5, 0.6) is 0 Å². The first-order chi connectivity index (χ1) is 22.7. The predicted molar refractivity (Wildman–Crippen MR) is 209 cm³/mol. The van der Waals surface area contributed by atoms with Gasteiger partial charge in [-0.1, -0.05) is 91.5 Å². The first kappa shape index (κ1) is 38.8. The monoisotopic (exact) mass is 870 g/mol. The van der Waals surface area contributed by atoms with Gasteiger partial charge in [-0.2, -0.15) is 0 Å². The third-order valence-corrected chi connectivity index (χ3v) is 12.6. The summed E-state index contributed by atoms with van der Waals surface area (Å²) in [6.45, 7) is 21.0. The molecule has 6 rings (SSSR count). The van der Waals surface area contributed by atoms with Crippen LogP contribution in [-0.4, -0.2) is 20.9 Å². The number of ketones is 1. The zero-order valence-electron chi connectivity index (χ0n) is 30.5. The number of benzene rings is 3. The van der Waals surface area contributed by atoms with E-state index in [0.717, 1.165) is 52.5 Å².